The van der Waals surface area contributed by atoms with Crippen LogP contribution in [-0.2, 0) is 6.42 Å². The Morgan fingerprint density at radius 1 is 1.37 bits per heavy atom. The molecule has 0 aromatic heterocycles. The highest BCUT2D eigenvalue weighted by Gasteiger charge is 2.24. The van der Waals surface area contributed by atoms with Crippen molar-refractivity contribution in [2.75, 3.05) is 32.7 Å². The molecule has 1 atom stereocenters. The number of nitrogens with one attached hydrogen (secondary N) is 1. The maximum Gasteiger partial charge on any atom is 0.123 e. The number of nitrogens with zero attached hydrogens (tertiary/aromatic N) is 1. The van der Waals surface area contributed by atoms with Crippen molar-refractivity contribution in [1.29, 1.82) is 0 Å². The van der Waals surface area contributed by atoms with Crippen molar-refractivity contribution < 1.29 is 4.74 Å². The van der Waals surface area contributed by atoms with Gasteiger partial charge in [-0.05, 0) is 31.6 Å². The Hall–Kier alpha value is -1.06. The molecule has 1 aromatic rings. The molecule has 0 aliphatic carbocycles. The molecule has 19 heavy (non-hydrogen) atoms. The van der Waals surface area contributed by atoms with Crippen molar-refractivity contribution >= 4 is 0 Å². The molecule has 1 N–H and O–H groups in total. The second kappa shape index (κ2) is 6.92. The van der Waals surface area contributed by atoms with Gasteiger partial charge in [0, 0.05) is 26.1 Å². The summed E-state index contributed by atoms with van der Waals surface area (Å²) in [7, 11) is 0. The third-order valence-corrected chi connectivity index (χ3v) is 3.72. The van der Waals surface area contributed by atoms with Crippen molar-refractivity contribution in [2.45, 2.75) is 33.3 Å². The maximum atomic E-state index is 6.04. The summed E-state index contributed by atoms with van der Waals surface area (Å²) < 4.78 is 6.04. The smallest absolute Gasteiger partial charge is 0.123 e. The fourth-order valence-electron chi connectivity index (χ4n) is 2.63. The molecule has 0 amide bonds. The van der Waals surface area contributed by atoms with Gasteiger partial charge in [0.25, 0.3) is 0 Å². The highest BCUT2D eigenvalue weighted by atomic mass is 16.5. The minimum atomic E-state index is 0.318. The second-order valence-electron chi connectivity index (χ2n) is 5.30. The molecule has 0 fully saturated rings. The van der Waals surface area contributed by atoms with Gasteiger partial charge in [-0.2, -0.15) is 0 Å². The first-order valence-electron chi connectivity index (χ1n) is 7.42. The molecule has 1 aliphatic rings. The number of ether oxygens (including phenoxy) is 1. The molecule has 0 saturated heterocycles. The van der Waals surface area contributed by atoms with Crippen LogP contribution in [0.2, 0.25) is 0 Å². The third kappa shape index (κ3) is 3.95. The minimum Gasteiger partial charge on any atom is -0.488 e. The van der Waals surface area contributed by atoms with Crippen molar-refractivity contribution in [2.24, 2.45) is 0 Å². The Kier molecular flexibility index (Phi) is 5.23. The molecule has 3 heteroatoms. The quantitative estimate of drug-likeness (QED) is 0.763. The van der Waals surface area contributed by atoms with E-state index >= 15 is 0 Å². The minimum absolute atomic E-state index is 0.318. The normalized spacial score (nSPS) is 17.6. The van der Waals surface area contributed by atoms with E-state index in [9.17, 15) is 0 Å². The van der Waals surface area contributed by atoms with Gasteiger partial charge in [-0.1, -0.05) is 31.5 Å². The van der Waals surface area contributed by atoms with Crippen LogP contribution in [0.4, 0.5) is 0 Å². The lowest BCUT2D eigenvalue weighted by Gasteiger charge is -2.23. The second-order valence-corrected chi connectivity index (χ2v) is 5.30. The number of aryl methyl sites for hydroxylation is 1. The van der Waals surface area contributed by atoms with Gasteiger partial charge < -0.3 is 10.1 Å². The highest BCUT2D eigenvalue weighted by molar-refractivity contribution is 5.40. The van der Waals surface area contributed by atoms with E-state index in [1.165, 1.54) is 11.1 Å². The van der Waals surface area contributed by atoms with Crippen LogP contribution in [0.15, 0.2) is 18.2 Å². The largest absolute Gasteiger partial charge is 0.488 e. The number of benzene rings is 1. The maximum absolute atomic E-state index is 6.04. The molecule has 1 unspecified atom stereocenters. The molecule has 2 rings (SSSR count). The van der Waals surface area contributed by atoms with Gasteiger partial charge in [-0.3, -0.25) is 4.90 Å². The summed E-state index contributed by atoms with van der Waals surface area (Å²) in [5, 5.41) is 3.38. The summed E-state index contributed by atoms with van der Waals surface area (Å²) in [6, 6.07) is 6.49. The lowest BCUT2D eigenvalue weighted by atomic mass is 10.1. The van der Waals surface area contributed by atoms with E-state index in [1.54, 1.807) is 0 Å². The van der Waals surface area contributed by atoms with Crippen LogP contribution in [0.1, 0.15) is 25.0 Å². The lowest BCUT2D eigenvalue weighted by Crippen LogP contribution is -2.38. The van der Waals surface area contributed by atoms with E-state index < -0.39 is 0 Å². The van der Waals surface area contributed by atoms with Crippen LogP contribution >= 0.6 is 0 Å². The number of fused-ring (bicyclic) bond motifs is 1. The Balaban J connectivity index is 1.84. The van der Waals surface area contributed by atoms with Gasteiger partial charge in [0.05, 0.1) is 0 Å². The SMILES string of the molecule is CCNCCN(CC)CC1Cc2cc(C)ccc2O1. The van der Waals surface area contributed by atoms with Crippen molar-refractivity contribution in [3.8, 4) is 5.75 Å². The lowest BCUT2D eigenvalue weighted by molar-refractivity contribution is 0.155. The first-order chi connectivity index (χ1) is 9.22. The molecule has 0 saturated carbocycles. The van der Waals surface area contributed by atoms with Gasteiger partial charge in [0.15, 0.2) is 0 Å². The Morgan fingerprint density at radius 3 is 2.95 bits per heavy atom. The standard InChI is InChI=1S/C16H26N2O/c1-4-17-8-9-18(5-2)12-15-11-14-10-13(3)6-7-16(14)19-15/h6-7,10,15,17H,4-5,8-9,11-12H2,1-3H3. The summed E-state index contributed by atoms with van der Waals surface area (Å²) in [5.74, 6) is 1.08. The van der Waals surface area contributed by atoms with E-state index in [0.717, 1.165) is 44.9 Å². The fourth-order valence-corrected chi connectivity index (χ4v) is 2.63. The highest BCUT2D eigenvalue weighted by Crippen LogP contribution is 2.29. The van der Waals surface area contributed by atoms with Gasteiger partial charge >= 0.3 is 0 Å². The van der Waals surface area contributed by atoms with E-state index in [2.05, 4.69) is 49.2 Å². The molecule has 0 spiro atoms. The third-order valence-electron chi connectivity index (χ3n) is 3.72. The van der Waals surface area contributed by atoms with Gasteiger partial charge in [-0.15, -0.1) is 0 Å². The van der Waals surface area contributed by atoms with Crippen LogP contribution in [-0.4, -0.2) is 43.7 Å². The van der Waals surface area contributed by atoms with E-state index in [0.29, 0.717) is 6.10 Å². The van der Waals surface area contributed by atoms with E-state index in [4.69, 9.17) is 4.74 Å². The molecule has 106 valence electrons. The number of rotatable bonds is 7. The van der Waals surface area contributed by atoms with Crippen molar-refractivity contribution in [3.63, 3.8) is 0 Å². The molecule has 1 aromatic carbocycles. The molecular formula is C16H26N2O. The molecule has 0 bridgehead atoms. The van der Waals surface area contributed by atoms with Gasteiger partial charge in [0.1, 0.15) is 11.9 Å². The van der Waals surface area contributed by atoms with Crippen LogP contribution in [0.3, 0.4) is 0 Å². The summed E-state index contributed by atoms with van der Waals surface area (Å²) in [4.78, 5) is 2.46. The van der Waals surface area contributed by atoms with Crippen LogP contribution in [0, 0.1) is 6.92 Å². The van der Waals surface area contributed by atoms with Crippen LogP contribution in [0.5, 0.6) is 5.75 Å². The summed E-state index contributed by atoms with van der Waals surface area (Å²) in [6.45, 7) is 11.8. The summed E-state index contributed by atoms with van der Waals surface area (Å²) in [6.07, 6.45) is 1.37. The monoisotopic (exact) mass is 262 g/mol. The van der Waals surface area contributed by atoms with Crippen molar-refractivity contribution in [3.05, 3.63) is 29.3 Å². The molecule has 0 radical (unpaired) electrons. The van der Waals surface area contributed by atoms with Crippen LogP contribution < -0.4 is 10.1 Å². The average Bonchev–Trinajstić information content (AvgIpc) is 2.79. The zero-order valence-corrected chi connectivity index (χ0v) is 12.4. The van der Waals surface area contributed by atoms with Gasteiger partial charge in [0.2, 0.25) is 0 Å². The van der Waals surface area contributed by atoms with E-state index in [-0.39, 0.29) is 0 Å². The van der Waals surface area contributed by atoms with Gasteiger partial charge in [-0.25, -0.2) is 0 Å². The number of likely N-dealkylation sites (N-methyl/N-ethyl adjacent to an activating group) is 2. The first kappa shape index (κ1) is 14.4. The molecular weight excluding hydrogens is 236 g/mol. The predicted molar refractivity (Wildman–Crippen MR) is 80.0 cm³/mol. The molecule has 3 nitrogen and oxygen atoms in total. The zero-order chi connectivity index (χ0) is 13.7. The zero-order valence-electron chi connectivity index (χ0n) is 12.4. The fraction of sp³-hybridized carbons (Fsp3) is 0.625. The summed E-state index contributed by atoms with van der Waals surface area (Å²) >= 11 is 0. The number of hydrogen-bond acceptors (Lipinski definition) is 3. The Labute approximate surface area is 116 Å². The Morgan fingerprint density at radius 2 is 2.21 bits per heavy atom. The molecule has 1 aliphatic heterocycles. The predicted octanol–water partition coefficient (Wildman–Crippen LogP) is 2.23. The topological polar surface area (TPSA) is 24.5 Å². The van der Waals surface area contributed by atoms with Crippen LogP contribution in [0.25, 0.3) is 0 Å². The average molecular weight is 262 g/mol. The number of hydrogen-bond donors (Lipinski definition) is 1. The molecule has 1 heterocycles. The van der Waals surface area contributed by atoms with E-state index in [1.807, 2.05) is 0 Å². The summed E-state index contributed by atoms with van der Waals surface area (Å²) in [5.41, 5.74) is 2.69. The Bertz CT molecular complexity index is 406. The van der Waals surface area contributed by atoms with Crippen molar-refractivity contribution in [1.82, 2.24) is 10.2 Å². The first-order valence-corrected chi connectivity index (χ1v) is 7.42.